The summed E-state index contributed by atoms with van der Waals surface area (Å²) in [5.74, 6) is -4.08. The van der Waals surface area contributed by atoms with Gasteiger partial charge in [-0.2, -0.15) is 0 Å². The predicted octanol–water partition coefficient (Wildman–Crippen LogP) is 4.81. The molecule has 0 radical (unpaired) electrons. The van der Waals surface area contributed by atoms with E-state index in [1.165, 1.54) is 48.5 Å². The summed E-state index contributed by atoms with van der Waals surface area (Å²) in [4.78, 5) is 65.2. The molecule has 0 unspecified atom stereocenters. The lowest BCUT2D eigenvalue weighted by Crippen LogP contribution is -2.54. The molecule has 240 valence electrons. The molecule has 3 atom stereocenters. The molecule has 47 heavy (non-hydrogen) atoms. The molecule has 0 aliphatic carbocycles. The summed E-state index contributed by atoms with van der Waals surface area (Å²) in [5, 5.41) is 0. The van der Waals surface area contributed by atoms with Gasteiger partial charge in [-0.25, -0.2) is 19.2 Å². The van der Waals surface area contributed by atoms with Gasteiger partial charge < -0.3 is 28.4 Å². The third kappa shape index (κ3) is 8.08. The first-order valence-corrected chi connectivity index (χ1v) is 14.6. The molecule has 1 aliphatic heterocycles. The minimum Gasteiger partial charge on any atom is -0.459 e. The van der Waals surface area contributed by atoms with Crippen LogP contribution < -0.4 is 0 Å². The van der Waals surface area contributed by atoms with E-state index < -0.39 is 67.2 Å². The molecule has 0 amide bonds. The Morgan fingerprint density at radius 1 is 0.532 bits per heavy atom. The van der Waals surface area contributed by atoms with Crippen LogP contribution in [0.4, 0.5) is 0 Å². The van der Waals surface area contributed by atoms with Gasteiger partial charge in [-0.15, -0.1) is 0 Å². The molecule has 11 nitrogen and oxygen atoms in total. The van der Waals surface area contributed by atoms with E-state index in [4.69, 9.17) is 28.4 Å². The highest BCUT2D eigenvalue weighted by molar-refractivity contribution is 5.91. The lowest BCUT2D eigenvalue weighted by Gasteiger charge is -2.33. The lowest BCUT2D eigenvalue weighted by molar-refractivity contribution is -0.211. The first-order valence-electron chi connectivity index (χ1n) is 14.6. The predicted molar refractivity (Wildman–Crippen MR) is 164 cm³/mol. The van der Waals surface area contributed by atoms with Crippen molar-refractivity contribution < 1.29 is 52.4 Å². The van der Waals surface area contributed by atoms with E-state index in [-0.39, 0.29) is 22.3 Å². The molecule has 0 bridgehead atoms. The van der Waals surface area contributed by atoms with Crippen LogP contribution >= 0.6 is 0 Å². The fourth-order valence-electron chi connectivity index (χ4n) is 4.84. The zero-order chi connectivity index (χ0) is 33.2. The minimum absolute atomic E-state index is 0.132. The second-order valence-electron chi connectivity index (χ2n) is 10.5. The molecule has 0 spiro atoms. The quantitative estimate of drug-likeness (QED) is 0.165. The molecular weight excluding hydrogens is 608 g/mol. The van der Waals surface area contributed by atoms with Crippen LogP contribution in [0, 0.1) is 0 Å². The molecule has 1 saturated heterocycles. The number of rotatable bonds is 11. The molecular formula is C36H30O11. The summed E-state index contributed by atoms with van der Waals surface area (Å²) in [6.45, 7) is -0.241. The second-order valence-corrected chi connectivity index (χ2v) is 10.5. The largest absolute Gasteiger partial charge is 0.459 e. The molecule has 5 rings (SSSR count). The highest BCUT2D eigenvalue weighted by Crippen LogP contribution is 2.38. The standard InChI is InChI=1S/C36H30O11/c1-24(37)44-35-29(45-33(40)27-18-10-4-11-19-27)30(46-34(41)28-20-12-5-13-21-28)36(47-35,22-42-31(38)25-14-6-2-7-15-25)23-43-32(39)26-16-8-3-9-17-26/h2-21,29-30,35H,22-23H2,1H3/t29-,30+,35-/m1/s1. The Balaban J connectivity index is 1.55. The van der Waals surface area contributed by atoms with Crippen molar-refractivity contribution in [2.45, 2.75) is 31.0 Å². The zero-order valence-corrected chi connectivity index (χ0v) is 25.2. The highest BCUT2D eigenvalue weighted by atomic mass is 16.8. The van der Waals surface area contributed by atoms with Crippen LogP contribution in [-0.2, 0) is 33.2 Å². The van der Waals surface area contributed by atoms with E-state index in [0.29, 0.717) is 0 Å². The average Bonchev–Trinajstić information content (AvgIpc) is 3.37. The number of hydrogen-bond acceptors (Lipinski definition) is 11. The minimum atomic E-state index is -2.03. The van der Waals surface area contributed by atoms with Crippen molar-refractivity contribution in [3.8, 4) is 0 Å². The monoisotopic (exact) mass is 638 g/mol. The Labute approximate surface area is 269 Å². The van der Waals surface area contributed by atoms with E-state index in [2.05, 4.69) is 0 Å². The molecule has 4 aromatic carbocycles. The van der Waals surface area contributed by atoms with Crippen molar-refractivity contribution in [1.29, 1.82) is 0 Å². The molecule has 0 aromatic heterocycles. The van der Waals surface area contributed by atoms with Gasteiger partial charge in [0, 0.05) is 6.92 Å². The number of carbonyl (C=O) groups is 5. The summed E-state index contributed by atoms with van der Waals surface area (Å²) in [5.41, 5.74) is -1.35. The van der Waals surface area contributed by atoms with Gasteiger partial charge in [0.1, 0.15) is 13.2 Å². The summed E-state index contributed by atoms with van der Waals surface area (Å²) >= 11 is 0. The molecule has 0 N–H and O–H groups in total. The summed E-state index contributed by atoms with van der Waals surface area (Å²) < 4.78 is 34.6. The number of benzene rings is 4. The fourth-order valence-corrected chi connectivity index (χ4v) is 4.84. The maximum atomic E-state index is 13.5. The number of ether oxygens (including phenoxy) is 6. The Hall–Kier alpha value is -5.81. The zero-order valence-electron chi connectivity index (χ0n) is 25.2. The number of carbonyl (C=O) groups excluding carboxylic acids is 5. The van der Waals surface area contributed by atoms with Gasteiger partial charge in [0.25, 0.3) is 0 Å². The maximum absolute atomic E-state index is 13.5. The number of hydrogen-bond donors (Lipinski definition) is 0. The van der Waals surface area contributed by atoms with E-state index in [1.807, 2.05) is 0 Å². The summed E-state index contributed by atoms with van der Waals surface area (Å²) in [6, 6.07) is 32.0. The fraction of sp³-hybridized carbons (Fsp3) is 0.194. The van der Waals surface area contributed by atoms with Crippen molar-refractivity contribution in [3.05, 3.63) is 144 Å². The lowest BCUT2D eigenvalue weighted by atomic mass is 9.96. The maximum Gasteiger partial charge on any atom is 0.338 e. The molecule has 11 heteroatoms. The Kier molecular flexibility index (Phi) is 10.4. The molecule has 1 fully saturated rings. The first kappa shape index (κ1) is 32.6. The first-order chi connectivity index (χ1) is 22.8. The van der Waals surface area contributed by atoms with Crippen molar-refractivity contribution >= 4 is 29.8 Å². The average molecular weight is 639 g/mol. The third-order valence-corrected chi connectivity index (χ3v) is 7.13. The Morgan fingerprint density at radius 3 is 1.28 bits per heavy atom. The van der Waals surface area contributed by atoms with Crippen molar-refractivity contribution in [1.82, 2.24) is 0 Å². The highest BCUT2D eigenvalue weighted by Gasteiger charge is 2.62. The van der Waals surface area contributed by atoms with Crippen LogP contribution in [0.3, 0.4) is 0 Å². The van der Waals surface area contributed by atoms with Crippen molar-refractivity contribution in [2.24, 2.45) is 0 Å². The summed E-state index contributed by atoms with van der Waals surface area (Å²) in [7, 11) is 0. The van der Waals surface area contributed by atoms with Crippen LogP contribution in [0.2, 0.25) is 0 Å². The van der Waals surface area contributed by atoms with Gasteiger partial charge in [-0.1, -0.05) is 72.8 Å². The van der Waals surface area contributed by atoms with Crippen LogP contribution in [-0.4, -0.2) is 67.2 Å². The van der Waals surface area contributed by atoms with Gasteiger partial charge >= 0.3 is 29.8 Å². The summed E-state index contributed by atoms with van der Waals surface area (Å²) in [6.07, 6.45) is -4.89. The van der Waals surface area contributed by atoms with Crippen LogP contribution in [0.25, 0.3) is 0 Å². The third-order valence-electron chi connectivity index (χ3n) is 7.13. The smallest absolute Gasteiger partial charge is 0.338 e. The molecule has 4 aromatic rings. The van der Waals surface area contributed by atoms with Gasteiger partial charge in [0.15, 0.2) is 11.7 Å². The molecule has 1 aliphatic rings. The van der Waals surface area contributed by atoms with Gasteiger partial charge in [-0.3, -0.25) is 4.79 Å². The Bertz CT molecular complexity index is 1640. The molecule has 1 heterocycles. The van der Waals surface area contributed by atoms with E-state index in [9.17, 15) is 24.0 Å². The van der Waals surface area contributed by atoms with Crippen molar-refractivity contribution in [3.63, 3.8) is 0 Å². The number of esters is 5. The van der Waals surface area contributed by atoms with Crippen LogP contribution in [0.5, 0.6) is 0 Å². The Morgan fingerprint density at radius 2 is 0.894 bits per heavy atom. The van der Waals surface area contributed by atoms with Gasteiger partial charge in [-0.05, 0) is 48.5 Å². The van der Waals surface area contributed by atoms with Gasteiger partial charge in [0.05, 0.1) is 22.3 Å². The van der Waals surface area contributed by atoms with E-state index in [1.54, 1.807) is 72.8 Å². The van der Waals surface area contributed by atoms with Gasteiger partial charge in [0.2, 0.25) is 12.4 Å². The molecule has 0 saturated carbocycles. The second kappa shape index (κ2) is 15.0. The topological polar surface area (TPSA) is 141 Å². The van der Waals surface area contributed by atoms with Crippen LogP contribution in [0.1, 0.15) is 48.4 Å². The van der Waals surface area contributed by atoms with Crippen LogP contribution in [0.15, 0.2) is 121 Å². The van der Waals surface area contributed by atoms with E-state index in [0.717, 1.165) is 6.92 Å². The normalized spacial score (nSPS) is 17.9. The van der Waals surface area contributed by atoms with Crippen molar-refractivity contribution in [2.75, 3.05) is 13.2 Å². The SMILES string of the molecule is CC(=O)O[C@@H]1OC(COC(=O)c2ccccc2)(COC(=O)c2ccccc2)[C@@H](OC(=O)c2ccccc2)[C@H]1OC(=O)c1ccccc1. The van der Waals surface area contributed by atoms with E-state index >= 15 is 0 Å².